The number of carbonyl (C=O) groups is 1. The van der Waals surface area contributed by atoms with Crippen molar-refractivity contribution in [1.29, 1.82) is 0 Å². The minimum atomic E-state index is -0.713. The lowest BCUT2D eigenvalue weighted by Crippen LogP contribution is -2.37. The zero-order valence-corrected chi connectivity index (χ0v) is 9.38. The van der Waals surface area contributed by atoms with E-state index in [0.29, 0.717) is 0 Å². The van der Waals surface area contributed by atoms with Gasteiger partial charge in [0.1, 0.15) is 6.04 Å². The maximum Gasteiger partial charge on any atom is 0.320 e. The normalized spacial score (nSPS) is 12.7. The number of rotatable bonds is 9. The van der Waals surface area contributed by atoms with Crippen molar-refractivity contribution in [3.05, 3.63) is 0 Å². The summed E-state index contributed by atoms with van der Waals surface area (Å²) in [7, 11) is 0. The minimum Gasteiger partial charge on any atom is -0.480 e. The lowest BCUT2D eigenvalue weighted by atomic mass is 10.1. The predicted octanol–water partition coefficient (Wildman–Crippen LogP) is 2.41. The first-order valence-electron chi connectivity index (χ1n) is 5.68. The van der Waals surface area contributed by atoms with Crippen molar-refractivity contribution in [2.24, 2.45) is 0 Å². The lowest BCUT2D eigenvalue weighted by Gasteiger charge is -2.13. The summed E-state index contributed by atoms with van der Waals surface area (Å²) in [6, 6.07) is -0.341. The average Bonchev–Trinajstić information content (AvgIpc) is 2.16. The van der Waals surface area contributed by atoms with Gasteiger partial charge in [-0.3, -0.25) is 4.79 Å². The van der Waals surface area contributed by atoms with Gasteiger partial charge in [0.05, 0.1) is 0 Å². The number of unbranched alkanes of at least 4 members (excludes halogenated alkanes) is 3. The van der Waals surface area contributed by atoms with Crippen LogP contribution in [0.15, 0.2) is 0 Å². The van der Waals surface area contributed by atoms with Gasteiger partial charge in [0.15, 0.2) is 0 Å². The highest BCUT2D eigenvalue weighted by Gasteiger charge is 2.14. The van der Waals surface area contributed by atoms with Gasteiger partial charge in [-0.05, 0) is 19.4 Å². The molecular weight excluding hydrogens is 178 g/mol. The molecule has 0 heterocycles. The van der Waals surface area contributed by atoms with Gasteiger partial charge in [-0.1, -0.05) is 39.5 Å². The molecule has 0 aliphatic heterocycles. The number of hydrogen-bond donors (Lipinski definition) is 2. The Bertz CT molecular complexity index is 148. The Balaban J connectivity index is 3.57. The molecule has 3 heteroatoms. The van der Waals surface area contributed by atoms with Gasteiger partial charge in [-0.2, -0.15) is 0 Å². The van der Waals surface area contributed by atoms with Crippen LogP contribution in [0.25, 0.3) is 0 Å². The van der Waals surface area contributed by atoms with E-state index in [2.05, 4.69) is 19.2 Å². The van der Waals surface area contributed by atoms with Crippen molar-refractivity contribution < 1.29 is 9.90 Å². The molecule has 0 rings (SSSR count). The first-order chi connectivity index (χ1) is 6.72. The molecule has 1 atom stereocenters. The molecule has 14 heavy (non-hydrogen) atoms. The summed E-state index contributed by atoms with van der Waals surface area (Å²) >= 11 is 0. The van der Waals surface area contributed by atoms with E-state index in [4.69, 9.17) is 5.11 Å². The van der Waals surface area contributed by atoms with E-state index in [1.165, 1.54) is 12.8 Å². The molecular formula is C11H23NO2. The van der Waals surface area contributed by atoms with Crippen molar-refractivity contribution in [3.63, 3.8) is 0 Å². The van der Waals surface area contributed by atoms with Gasteiger partial charge >= 0.3 is 5.97 Å². The van der Waals surface area contributed by atoms with E-state index in [-0.39, 0.29) is 6.04 Å². The van der Waals surface area contributed by atoms with Gasteiger partial charge in [0.2, 0.25) is 0 Å². The molecule has 0 aliphatic carbocycles. The Hall–Kier alpha value is -0.570. The molecule has 84 valence electrons. The summed E-state index contributed by atoms with van der Waals surface area (Å²) in [4.78, 5) is 10.8. The summed E-state index contributed by atoms with van der Waals surface area (Å²) in [5.41, 5.74) is 0. The van der Waals surface area contributed by atoms with Crippen molar-refractivity contribution in [1.82, 2.24) is 5.32 Å². The summed E-state index contributed by atoms with van der Waals surface area (Å²) in [6.07, 6.45) is 6.21. The van der Waals surface area contributed by atoms with Gasteiger partial charge < -0.3 is 10.4 Å². The van der Waals surface area contributed by atoms with Crippen LogP contribution in [0.5, 0.6) is 0 Å². The number of aliphatic carboxylic acids is 1. The van der Waals surface area contributed by atoms with Crippen molar-refractivity contribution in [3.8, 4) is 0 Å². The molecule has 3 nitrogen and oxygen atoms in total. The monoisotopic (exact) mass is 201 g/mol. The first kappa shape index (κ1) is 13.4. The second-order valence-electron chi connectivity index (χ2n) is 3.69. The van der Waals surface area contributed by atoms with E-state index >= 15 is 0 Å². The molecule has 0 aromatic rings. The summed E-state index contributed by atoms with van der Waals surface area (Å²) < 4.78 is 0. The maximum absolute atomic E-state index is 10.8. The number of carboxylic acid groups (broad SMARTS) is 1. The SMILES string of the molecule is CCCCCNC(CCCC)C(=O)O. The lowest BCUT2D eigenvalue weighted by molar-refractivity contribution is -0.139. The largest absolute Gasteiger partial charge is 0.480 e. The Morgan fingerprint density at radius 3 is 2.36 bits per heavy atom. The Kier molecular flexibility index (Phi) is 8.64. The van der Waals surface area contributed by atoms with Gasteiger partial charge in [0, 0.05) is 0 Å². The van der Waals surface area contributed by atoms with Gasteiger partial charge in [0.25, 0.3) is 0 Å². The summed E-state index contributed by atoms with van der Waals surface area (Å²) in [5, 5.41) is 12.0. The molecule has 2 N–H and O–H groups in total. The van der Waals surface area contributed by atoms with E-state index in [9.17, 15) is 4.79 Å². The molecule has 0 radical (unpaired) electrons. The molecule has 0 bridgehead atoms. The third-order valence-corrected chi connectivity index (χ3v) is 2.32. The van der Waals surface area contributed by atoms with Crippen LogP contribution >= 0.6 is 0 Å². The van der Waals surface area contributed by atoms with Crippen LogP contribution in [0.4, 0.5) is 0 Å². The molecule has 0 aliphatic rings. The van der Waals surface area contributed by atoms with Crippen LogP contribution < -0.4 is 5.32 Å². The fraction of sp³-hybridized carbons (Fsp3) is 0.909. The fourth-order valence-electron chi connectivity index (χ4n) is 1.37. The fourth-order valence-corrected chi connectivity index (χ4v) is 1.37. The predicted molar refractivity (Wildman–Crippen MR) is 58.5 cm³/mol. The quantitative estimate of drug-likeness (QED) is 0.563. The second-order valence-corrected chi connectivity index (χ2v) is 3.69. The van der Waals surface area contributed by atoms with Crippen LogP contribution in [0.3, 0.4) is 0 Å². The van der Waals surface area contributed by atoms with Crippen molar-refractivity contribution in [2.75, 3.05) is 6.54 Å². The molecule has 0 fully saturated rings. The highest BCUT2D eigenvalue weighted by atomic mass is 16.4. The smallest absolute Gasteiger partial charge is 0.320 e. The Labute approximate surface area is 86.9 Å². The number of carboxylic acids is 1. The molecule has 0 aromatic carbocycles. The molecule has 0 aromatic heterocycles. The topological polar surface area (TPSA) is 49.3 Å². The van der Waals surface area contributed by atoms with Crippen molar-refractivity contribution >= 4 is 5.97 Å². The van der Waals surface area contributed by atoms with E-state index in [0.717, 1.165) is 32.2 Å². The molecule has 0 saturated carbocycles. The highest BCUT2D eigenvalue weighted by Crippen LogP contribution is 2.01. The Morgan fingerprint density at radius 1 is 1.21 bits per heavy atom. The van der Waals surface area contributed by atoms with Crippen LogP contribution in [0.2, 0.25) is 0 Å². The third-order valence-electron chi connectivity index (χ3n) is 2.32. The standard InChI is InChI=1S/C11H23NO2/c1-3-5-7-9-12-10(11(13)14)8-6-4-2/h10,12H,3-9H2,1-2H3,(H,13,14). The van der Waals surface area contributed by atoms with Gasteiger partial charge in [-0.25, -0.2) is 0 Å². The van der Waals surface area contributed by atoms with Crippen LogP contribution in [0.1, 0.15) is 52.4 Å². The van der Waals surface area contributed by atoms with E-state index < -0.39 is 5.97 Å². The van der Waals surface area contributed by atoms with E-state index in [1.54, 1.807) is 0 Å². The van der Waals surface area contributed by atoms with Crippen LogP contribution in [-0.2, 0) is 4.79 Å². The summed E-state index contributed by atoms with van der Waals surface area (Å²) in [5.74, 6) is -0.713. The average molecular weight is 201 g/mol. The molecule has 0 spiro atoms. The van der Waals surface area contributed by atoms with Gasteiger partial charge in [-0.15, -0.1) is 0 Å². The Morgan fingerprint density at radius 2 is 1.86 bits per heavy atom. The highest BCUT2D eigenvalue weighted by molar-refractivity contribution is 5.73. The van der Waals surface area contributed by atoms with Crippen LogP contribution in [0, 0.1) is 0 Å². The van der Waals surface area contributed by atoms with Crippen molar-refractivity contribution in [2.45, 2.75) is 58.4 Å². The summed E-state index contributed by atoms with van der Waals surface area (Å²) in [6.45, 7) is 5.05. The second kappa shape index (κ2) is 9.00. The third kappa shape index (κ3) is 6.89. The van der Waals surface area contributed by atoms with Crippen LogP contribution in [-0.4, -0.2) is 23.7 Å². The zero-order chi connectivity index (χ0) is 10.8. The minimum absolute atomic E-state index is 0.341. The first-order valence-corrected chi connectivity index (χ1v) is 5.68. The zero-order valence-electron chi connectivity index (χ0n) is 9.38. The number of hydrogen-bond acceptors (Lipinski definition) is 2. The maximum atomic E-state index is 10.8. The molecule has 0 amide bonds. The number of nitrogens with one attached hydrogen (secondary N) is 1. The molecule has 0 saturated heterocycles. The van der Waals surface area contributed by atoms with E-state index in [1.807, 2.05) is 0 Å². The molecule has 1 unspecified atom stereocenters.